The summed E-state index contributed by atoms with van der Waals surface area (Å²) in [7, 11) is 0. The lowest BCUT2D eigenvalue weighted by atomic mass is 10.0. The number of rotatable bonds is 4. The highest BCUT2D eigenvalue weighted by molar-refractivity contribution is 6.31. The van der Waals surface area contributed by atoms with Crippen molar-refractivity contribution in [3.8, 4) is 11.1 Å². The Bertz CT molecular complexity index is 1350. The Morgan fingerprint density at radius 2 is 1.77 bits per heavy atom. The van der Waals surface area contributed by atoms with E-state index in [0.29, 0.717) is 10.6 Å². The molecule has 0 spiro atoms. The van der Waals surface area contributed by atoms with Gasteiger partial charge in [-0.25, -0.2) is 0 Å². The van der Waals surface area contributed by atoms with E-state index in [9.17, 15) is 19.7 Å². The zero-order valence-corrected chi connectivity index (χ0v) is 16.1. The number of carbonyl (C=O) groups excluding carboxylic acids is 1. The Morgan fingerprint density at radius 1 is 1.00 bits per heavy atom. The average Bonchev–Trinajstić information content (AvgIpc) is 2.75. The normalized spacial score (nSPS) is 10.7. The number of amides is 1. The molecule has 0 unspecified atom stereocenters. The fraction of sp³-hybridized carbons (Fsp3) is 0. The lowest BCUT2D eigenvalue weighted by Crippen LogP contribution is -2.16. The van der Waals surface area contributed by atoms with Crippen LogP contribution in [-0.2, 0) is 0 Å². The van der Waals surface area contributed by atoms with Crippen LogP contribution in [0.2, 0.25) is 5.02 Å². The Hall–Kier alpha value is -3.97. The minimum Gasteiger partial charge on any atom is -0.439 e. The van der Waals surface area contributed by atoms with E-state index >= 15 is 0 Å². The van der Waals surface area contributed by atoms with Crippen LogP contribution in [0.4, 0.5) is 11.6 Å². The fourth-order valence-corrected chi connectivity index (χ4v) is 3.23. The maximum Gasteiger partial charge on any atom is 0.270 e. The number of carbonyl (C=O) groups is 1. The fourth-order valence-electron chi connectivity index (χ4n) is 3.06. The summed E-state index contributed by atoms with van der Waals surface area (Å²) in [4.78, 5) is 36.4. The summed E-state index contributed by atoms with van der Waals surface area (Å²) in [6, 6.07) is 18.6. The number of non-ortho nitro benzene ring substituents is 1. The summed E-state index contributed by atoms with van der Waals surface area (Å²) in [6.07, 6.45) is 0. The third-order valence-electron chi connectivity index (χ3n) is 4.46. The van der Waals surface area contributed by atoms with Crippen LogP contribution in [-0.4, -0.2) is 10.8 Å². The van der Waals surface area contributed by atoms with E-state index in [-0.39, 0.29) is 39.1 Å². The molecule has 30 heavy (non-hydrogen) atoms. The standard InChI is InChI=1S/C22H13ClN2O5/c23-15-9-10-18-17(12-15)20(26)19(13-5-2-1-3-6-13)22(30-18)24-21(27)14-7-4-8-16(11-14)25(28)29/h1-12H,(H,24,27). The van der Waals surface area contributed by atoms with Crippen LogP contribution >= 0.6 is 11.6 Å². The number of fused-ring (bicyclic) bond motifs is 1. The van der Waals surface area contributed by atoms with Crippen LogP contribution in [0, 0.1) is 10.1 Å². The SMILES string of the molecule is O=C(Nc1oc2ccc(Cl)cc2c(=O)c1-c1ccccc1)c1cccc([N+](=O)[O-])c1. The Morgan fingerprint density at radius 3 is 2.50 bits per heavy atom. The van der Waals surface area contributed by atoms with E-state index in [0.717, 1.165) is 6.07 Å². The molecule has 1 amide bonds. The molecule has 3 aromatic carbocycles. The molecule has 4 aromatic rings. The molecule has 0 aliphatic carbocycles. The van der Waals surface area contributed by atoms with Crippen molar-refractivity contribution in [2.75, 3.05) is 5.32 Å². The quantitative estimate of drug-likeness (QED) is 0.357. The molecule has 1 aromatic heterocycles. The predicted octanol–water partition coefficient (Wildman–Crippen LogP) is 5.27. The number of nitrogens with zero attached hydrogens (tertiary/aromatic N) is 1. The van der Waals surface area contributed by atoms with Crippen LogP contribution in [0.3, 0.4) is 0 Å². The number of nitro benzene ring substituents is 1. The Kier molecular flexibility index (Phi) is 5.04. The highest BCUT2D eigenvalue weighted by atomic mass is 35.5. The number of halogens is 1. The molecule has 0 bridgehead atoms. The van der Waals surface area contributed by atoms with Gasteiger partial charge < -0.3 is 4.42 Å². The van der Waals surface area contributed by atoms with Gasteiger partial charge in [0.15, 0.2) is 0 Å². The lowest BCUT2D eigenvalue weighted by Gasteiger charge is -2.11. The number of anilines is 1. The van der Waals surface area contributed by atoms with Gasteiger partial charge in [-0.3, -0.25) is 25.0 Å². The highest BCUT2D eigenvalue weighted by Crippen LogP contribution is 2.30. The van der Waals surface area contributed by atoms with Gasteiger partial charge in [-0.05, 0) is 29.8 Å². The number of nitrogens with one attached hydrogen (secondary N) is 1. The summed E-state index contributed by atoms with van der Waals surface area (Å²) in [5, 5.41) is 14.2. The molecular weight excluding hydrogens is 408 g/mol. The zero-order chi connectivity index (χ0) is 21.3. The molecule has 148 valence electrons. The van der Waals surface area contributed by atoms with Crippen molar-refractivity contribution in [1.82, 2.24) is 0 Å². The largest absolute Gasteiger partial charge is 0.439 e. The molecule has 0 radical (unpaired) electrons. The summed E-state index contributed by atoms with van der Waals surface area (Å²) >= 11 is 6.03. The highest BCUT2D eigenvalue weighted by Gasteiger charge is 2.20. The van der Waals surface area contributed by atoms with Gasteiger partial charge in [0.1, 0.15) is 5.58 Å². The molecule has 0 atom stereocenters. The topological polar surface area (TPSA) is 102 Å². The first-order valence-corrected chi connectivity index (χ1v) is 9.19. The molecule has 0 aliphatic heterocycles. The van der Waals surface area contributed by atoms with E-state index in [1.807, 2.05) is 0 Å². The molecule has 1 N–H and O–H groups in total. The molecule has 0 fully saturated rings. The van der Waals surface area contributed by atoms with Crippen molar-refractivity contribution in [3.05, 3.63) is 104 Å². The monoisotopic (exact) mass is 420 g/mol. The summed E-state index contributed by atoms with van der Waals surface area (Å²) in [6.45, 7) is 0. The van der Waals surface area contributed by atoms with Gasteiger partial charge in [0.25, 0.3) is 11.6 Å². The van der Waals surface area contributed by atoms with Crippen molar-refractivity contribution in [3.63, 3.8) is 0 Å². The van der Waals surface area contributed by atoms with Crippen molar-refractivity contribution < 1.29 is 14.1 Å². The smallest absolute Gasteiger partial charge is 0.270 e. The second-order valence-electron chi connectivity index (χ2n) is 6.40. The maximum absolute atomic E-state index is 13.2. The van der Waals surface area contributed by atoms with Crippen LogP contribution in [0.5, 0.6) is 0 Å². The molecule has 4 rings (SSSR count). The van der Waals surface area contributed by atoms with Crippen LogP contribution in [0.25, 0.3) is 22.1 Å². The lowest BCUT2D eigenvalue weighted by molar-refractivity contribution is -0.384. The van der Waals surface area contributed by atoms with Crippen molar-refractivity contribution in [2.24, 2.45) is 0 Å². The molecule has 1 heterocycles. The van der Waals surface area contributed by atoms with Crippen molar-refractivity contribution in [1.29, 1.82) is 0 Å². The minimum atomic E-state index is -0.646. The number of nitro groups is 1. The second-order valence-corrected chi connectivity index (χ2v) is 6.84. The van der Waals surface area contributed by atoms with E-state index in [1.165, 1.54) is 30.3 Å². The number of hydrogen-bond acceptors (Lipinski definition) is 5. The van der Waals surface area contributed by atoms with E-state index < -0.39 is 10.8 Å². The maximum atomic E-state index is 13.2. The van der Waals surface area contributed by atoms with Crippen molar-refractivity contribution in [2.45, 2.75) is 0 Å². The Balaban J connectivity index is 1.86. The molecule has 8 heteroatoms. The first kappa shape index (κ1) is 19.4. The minimum absolute atomic E-state index is 0.0575. The zero-order valence-electron chi connectivity index (χ0n) is 15.3. The van der Waals surface area contributed by atoms with E-state index in [4.69, 9.17) is 16.0 Å². The van der Waals surface area contributed by atoms with Gasteiger partial charge in [-0.15, -0.1) is 0 Å². The third-order valence-corrected chi connectivity index (χ3v) is 4.70. The molecule has 0 saturated heterocycles. The molecule has 7 nitrogen and oxygen atoms in total. The first-order valence-electron chi connectivity index (χ1n) is 8.81. The van der Waals surface area contributed by atoms with Gasteiger partial charge in [0, 0.05) is 22.7 Å². The van der Waals surface area contributed by atoms with Crippen LogP contribution in [0.1, 0.15) is 10.4 Å². The van der Waals surface area contributed by atoms with Gasteiger partial charge in [-0.1, -0.05) is 48.0 Å². The predicted molar refractivity (Wildman–Crippen MR) is 114 cm³/mol. The second kappa shape index (κ2) is 7.81. The Labute approximate surface area is 174 Å². The van der Waals surface area contributed by atoms with Gasteiger partial charge in [0.05, 0.1) is 15.9 Å². The van der Waals surface area contributed by atoms with Crippen LogP contribution < -0.4 is 10.7 Å². The van der Waals surface area contributed by atoms with E-state index in [2.05, 4.69) is 5.32 Å². The van der Waals surface area contributed by atoms with E-state index in [1.54, 1.807) is 36.4 Å². The van der Waals surface area contributed by atoms with Crippen molar-refractivity contribution >= 4 is 40.0 Å². The summed E-state index contributed by atoms with van der Waals surface area (Å²) in [5.41, 5.74) is 0.423. The van der Waals surface area contributed by atoms with Gasteiger partial charge in [-0.2, -0.15) is 0 Å². The van der Waals surface area contributed by atoms with Crippen LogP contribution in [0.15, 0.2) is 82.0 Å². The molecule has 0 aliphatic rings. The first-order chi connectivity index (χ1) is 14.4. The molecule has 0 saturated carbocycles. The van der Waals surface area contributed by atoms with Gasteiger partial charge in [0.2, 0.25) is 11.3 Å². The summed E-state index contributed by atoms with van der Waals surface area (Å²) < 4.78 is 5.83. The third kappa shape index (κ3) is 3.66. The van der Waals surface area contributed by atoms with Gasteiger partial charge >= 0.3 is 0 Å². The average molecular weight is 421 g/mol. The molecular formula is C22H13ClN2O5. The number of benzene rings is 3. The summed E-state index contributed by atoms with van der Waals surface area (Å²) in [5.74, 6) is -0.704. The number of hydrogen-bond donors (Lipinski definition) is 1.